The molecule has 0 aliphatic carbocycles. The summed E-state index contributed by atoms with van der Waals surface area (Å²) < 4.78 is 5.91. The fourth-order valence-corrected chi connectivity index (χ4v) is 3.07. The standard InChI is InChI=1S/C14H17N3OS/c1-9-3-4-12-13(5-9)18-10(2)7-17(12)8-11-6-16-14(15)19-11/h3-6,10H,7-8H2,1-2H3,(H2,15,16). The molecule has 0 amide bonds. The molecule has 1 aromatic carbocycles. The van der Waals surface area contributed by atoms with Crippen molar-refractivity contribution in [3.8, 4) is 5.75 Å². The van der Waals surface area contributed by atoms with E-state index in [1.165, 1.54) is 10.4 Å². The van der Waals surface area contributed by atoms with E-state index in [0.29, 0.717) is 5.13 Å². The van der Waals surface area contributed by atoms with E-state index in [1.807, 2.05) is 6.20 Å². The number of thiazole rings is 1. The molecule has 2 aromatic rings. The summed E-state index contributed by atoms with van der Waals surface area (Å²) >= 11 is 1.54. The second-order valence-corrected chi connectivity index (χ2v) is 6.09. The number of nitrogen functional groups attached to an aromatic ring is 1. The predicted molar refractivity (Wildman–Crippen MR) is 78.8 cm³/mol. The van der Waals surface area contributed by atoms with E-state index >= 15 is 0 Å². The zero-order chi connectivity index (χ0) is 13.4. The summed E-state index contributed by atoms with van der Waals surface area (Å²) in [7, 11) is 0. The molecule has 0 radical (unpaired) electrons. The number of anilines is 2. The summed E-state index contributed by atoms with van der Waals surface area (Å²) in [4.78, 5) is 7.62. The van der Waals surface area contributed by atoms with Gasteiger partial charge in [-0.2, -0.15) is 0 Å². The molecule has 0 spiro atoms. The van der Waals surface area contributed by atoms with Crippen LogP contribution in [0.5, 0.6) is 5.75 Å². The van der Waals surface area contributed by atoms with Crippen LogP contribution in [-0.4, -0.2) is 17.6 Å². The first-order chi connectivity index (χ1) is 9.11. The van der Waals surface area contributed by atoms with Gasteiger partial charge in [0.25, 0.3) is 0 Å². The number of benzene rings is 1. The largest absolute Gasteiger partial charge is 0.487 e. The van der Waals surface area contributed by atoms with E-state index < -0.39 is 0 Å². The molecule has 1 atom stereocenters. The lowest BCUT2D eigenvalue weighted by Gasteiger charge is -2.34. The molecule has 4 nitrogen and oxygen atoms in total. The van der Waals surface area contributed by atoms with Crippen LogP contribution in [0.2, 0.25) is 0 Å². The summed E-state index contributed by atoms with van der Waals surface area (Å²) in [5.41, 5.74) is 8.06. The number of nitrogens with two attached hydrogens (primary N) is 1. The molecule has 19 heavy (non-hydrogen) atoms. The minimum atomic E-state index is 0.194. The Labute approximate surface area is 116 Å². The van der Waals surface area contributed by atoms with E-state index in [0.717, 1.165) is 24.5 Å². The Morgan fingerprint density at radius 3 is 3.11 bits per heavy atom. The molecular weight excluding hydrogens is 258 g/mol. The number of hydrogen-bond donors (Lipinski definition) is 1. The van der Waals surface area contributed by atoms with Gasteiger partial charge < -0.3 is 15.4 Å². The number of ether oxygens (including phenoxy) is 1. The van der Waals surface area contributed by atoms with Crippen LogP contribution >= 0.6 is 11.3 Å². The van der Waals surface area contributed by atoms with Gasteiger partial charge in [-0.3, -0.25) is 0 Å². The first kappa shape index (κ1) is 12.3. The molecule has 1 unspecified atom stereocenters. The molecule has 1 aromatic heterocycles. The number of nitrogens with zero attached hydrogens (tertiary/aromatic N) is 2. The highest BCUT2D eigenvalue weighted by Crippen LogP contribution is 2.35. The van der Waals surface area contributed by atoms with Crippen molar-refractivity contribution >= 4 is 22.2 Å². The molecule has 0 saturated heterocycles. The number of aromatic nitrogens is 1. The van der Waals surface area contributed by atoms with Crippen LogP contribution in [0.4, 0.5) is 10.8 Å². The zero-order valence-electron chi connectivity index (χ0n) is 11.1. The maximum absolute atomic E-state index is 5.91. The van der Waals surface area contributed by atoms with Gasteiger partial charge in [-0.15, -0.1) is 11.3 Å². The molecule has 100 valence electrons. The second-order valence-electron chi connectivity index (χ2n) is 4.94. The molecule has 5 heteroatoms. The third kappa shape index (κ3) is 2.51. The third-order valence-electron chi connectivity index (χ3n) is 3.18. The summed E-state index contributed by atoms with van der Waals surface area (Å²) in [5, 5.41) is 0.625. The Hall–Kier alpha value is -1.75. The van der Waals surface area contributed by atoms with Gasteiger partial charge in [-0.05, 0) is 31.5 Å². The van der Waals surface area contributed by atoms with Gasteiger partial charge in [0.15, 0.2) is 5.13 Å². The molecule has 2 N–H and O–H groups in total. The Kier molecular flexibility index (Phi) is 3.06. The maximum Gasteiger partial charge on any atom is 0.180 e. The Bertz CT molecular complexity index is 596. The van der Waals surface area contributed by atoms with Crippen LogP contribution < -0.4 is 15.4 Å². The highest BCUT2D eigenvalue weighted by atomic mass is 32.1. The van der Waals surface area contributed by atoms with Crippen LogP contribution in [0.25, 0.3) is 0 Å². The number of fused-ring (bicyclic) bond motifs is 1. The van der Waals surface area contributed by atoms with Crippen molar-refractivity contribution in [3.63, 3.8) is 0 Å². The minimum Gasteiger partial charge on any atom is -0.487 e. The zero-order valence-corrected chi connectivity index (χ0v) is 11.9. The summed E-state index contributed by atoms with van der Waals surface area (Å²) in [6.07, 6.45) is 2.05. The molecule has 0 bridgehead atoms. The lowest BCUT2D eigenvalue weighted by atomic mass is 10.1. The van der Waals surface area contributed by atoms with E-state index in [4.69, 9.17) is 10.5 Å². The topological polar surface area (TPSA) is 51.4 Å². The Morgan fingerprint density at radius 1 is 1.53 bits per heavy atom. The Balaban J connectivity index is 1.90. The van der Waals surface area contributed by atoms with Gasteiger partial charge in [0.1, 0.15) is 11.9 Å². The van der Waals surface area contributed by atoms with Crippen molar-refractivity contribution in [2.24, 2.45) is 0 Å². The molecule has 3 rings (SSSR count). The van der Waals surface area contributed by atoms with Crippen LogP contribution in [0.15, 0.2) is 24.4 Å². The highest BCUT2D eigenvalue weighted by molar-refractivity contribution is 7.15. The highest BCUT2D eigenvalue weighted by Gasteiger charge is 2.23. The fraction of sp³-hybridized carbons (Fsp3) is 0.357. The van der Waals surface area contributed by atoms with Crippen molar-refractivity contribution in [1.29, 1.82) is 0 Å². The first-order valence-corrected chi connectivity index (χ1v) is 7.16. The monoisotopic (exact) mass is 275 g/mol. The van der Waals surface area contributed by atoms with Crippen molar-refractivity contribution in [2.75, 3.05) is 17.2 Å². The van der Waals surface area contributed by atoms with Crippen LogP contribution in [0.1, 0.15) is 17.4 Å². The fourth-order valence-electron chi connectivity index (χ4n) is 2.37. The van der Waals surface area contributed by atoms with Crippen molar-refractivity contribution in [2.45, 2.75) is 26.5 Å². The lowest BCUT2D eigenvalue weighted by Crippen LogP contribution is -2.37. The predicted octanol–water partition coefficient (Wildman–Crippen LogP) is 2.82. The van der Waals surface area contributed by atoms with Crippen molar-refractivity contribution in [3.05, 3.63) is 34.8 Å². The third-order valence-corrected chi connectivity index (χ3v) is 3.99. The average molecular weight is 275 g/mol. The van der Waals surface area contributed by atoms with Gasteiger partial charge in [-0.25, -0.2) is 4.98 Å². The quantitative estimate of drug-likeness (QED) is 0.915. The van der Waals surface area contributed by atoms with E-state index in [-0.39, 0.29) is 6.10 Å². The van der Waals surface area contributed by atoms with E-state index in [1.54, 1.807) is 11.3 Å². The number of rotatable bonds is 2. The van der Waals surface area contributed by atoms with Gasteiger partial charge in [0, 0.05) is 11.1 Å². The van der Waals surface area contributed by atoms with E-state index in [2.05, 4.69) is 41.9 Å². The SMILES string of the molecule is Cc1ccc2c(c1)OC(C)CN2Cc1cnc(N)s1. The van der Waals surface area contributed by atoms with Gasteiger partial charge in [0.2, 0.25) is 0 Å². The molecule has 2 heterocycles. The normalized spacial score (nSPS) is 18.0. The molecule has 1 aliphatic rings. The van der Waals surface area contributed by atoms with Gasteiger partial charge in [0.05, 0.1) is 18.8 Å². The maximum atomic E-state index is 5.91. The molecular formula is C14H17N3OS. The summed E-state index contributed by atoms with van der Waals surface area (Å²) in [6.45, 7) is 5.89. The van der Waals surface area contributed by atoms with Crippen LogP contribution in [-0.2, 0) is 6.54 Å². The van der Waals surface area contributed by atoms with E-state index in [9.17, 15) is 0 Å². The second kappa shape index (κ2) is 4.74. The van der Waals surface area contributed by atoms with Crippen molar-refractivity contribution < 1.29 is 4.74 Å². The molecule has 1 aliphatic heterocycles. The summed E-state index contributed by atoms with van der Waals surface area (Å²) in [5.74, 6) is 0.969. The molecule has 0 fully saturated rings. The lowest BCUT2D eigenvalue weighted by molar-refractivity contribution is 0.212. The van der Waals surface area contributed by atoms with Crippen LogP contribution in [0, 0.1) is 6.92 Å². The summed E-state index contributed by atoms with van der Waals surface area (Å²) in [6, 6.07) is 6.34. The van der Waals surface area contributed by atoms with Gasteiger partial charge in [-0.1, -0.05) is 6.07 Å². The molecule has 0 saturated carbocycles. The van der Waals surface area contributed by atoms with Crippen LogP contribution in [0.3, 0.4) is 0 Å². The van der Waals surface area contributed by atoms with Gasteiger partial charge >= 0.3 is 0 Å². The first-order valence-electron chi connectivity index (χ1n) is 6.34. The number of aryl methyl sites for hydroxylation is 1. The minimum absolute atomic E-state index is 0.194. The van der Waals surface area contributed by atoms with Crippen molar-refractivity contribution in [1.82, 2.24) is 4.98 Å². The smallest absolute Gasteiger partial charge is 0.180 e. The Morgan fingerprint density at radius 2 is 2.37 bits per heavy atom. The average Bonchev–Trinajstić information content (AvgIpc) is 2.74. The number of hydrogen-bond acceptors (Lipinski definition) is 5.